The predicted octanol–water partition coefficient (Wildman–Crippen LogP) is 4.33. The van der Waals surface area contributed by atoms with Crippen LogP contribution in [0.2, 0.25) is 0 Å². The summed E-state index contributed by atoms with van der Waals surface area (Å²) in [4.78, 5) is 4.03. The fraction of sp³-hybridized carbons (Fsp3) is 0.214. The first-order valence-corrected chi connectivity index (χ1v) is 6.39. The van der Waals surface area contributed by atoms with Crippen molar-refractivity contribution in [3.8, 4) is 0 Å². The summed E-state index contributed by atoms with van der Waals surface area (Å²) in [5.74, 6) is 0. The van der Waals surface area contributed by atoms with Crippen molar-refractivity contribution in [3.05, 3.63) is 58.3 Å². The predicted molar refractivity (Wildman–Crippen MR) is 75.2 cm³/mol. The first-order chi connectivity index (χ1) is 8.18. The third-order valence-corrected chi connectivity index (χ3v) is 3.70. The van der Waals surface area contributed by atoms with Gasteiger partial charge in [-0.3, -0.25) is 4.98 Å². The van der Waals surface area contributed by atoms with Crippen LogP contribution >= 0.6 is 15.9 Å². The Morgan fingerprint density at radius 2 is 1.88 bits per heavy atom. The molecule has 1 aromatic heterocycles. The van der Waals surface area contributed by atoms with E-state index in [1.807, 2.05) is 30.6 Å². The van der Waals surface area contributed by atoms with Crippen LogP contribution < -0.4 is 5.32 Å². The first kappa shape index (κ1) is 12.1. The van der Waals surface area contributed by atoms with E-state index in [1.165, 1.54) is 11.1 Å². The molecular formula is C14H15BrN2. The smallest absolute Gasteiger partial charge is 0.0486 e. The molecule has 1 heterocycles. The summed E-state index contributed by atoms with van der Waals surface area (Å²) in [5.41, 5.74) is 3.62. The van der Waals surface area contributed by atoms with Crippen LogP contribution in [0.4, 0.5) is 5.69 Å². The molecule has 1 atom stereocenters. The third-order valence-electron chi connectivity index (χ3n) is 2.85. The van der Waals surface area contributed by atoms with Gasteiger partial charge in [0.25, 0.3) is 0 Å². The van der Waals surface area contributed by atoms with Crippen LogP contribution in [0.25, 0.3) is 0 Å². The van der Waals surface area contributed by atoms with Crippen LogP contribution in [-0.4, -0.2) is 4.98 Å². The lowest BCUT2D eigenvalue weighted by Gasteiger charge is -2.17. The highest BCUT2D eigenvalue weighted by molar-refractivity contribution is 9.10. The minimum Gasteiger partial charge on any atom is -0.378 e. The lowest BCUT2D eigenvalue weighted by atomic mass is 10.1. The molecule has 17 heavy (non-hydrogen) atoms. The van der Waals surface area contributed by atoms with Gasteiger partial charge in [-0.1, -0.05) is 22.0 Å². The van der Waals surface area contributed by atoms with E-state index in [0.29, 0.717) is 0 Å². The molecule has 2 aromatic rings. The van der Waals surface area contributed by atoms with Gasteiger partial charge in [-0.05, 0) is 49.2 Å². The van der Waals surface area contributed by atoms with E-state index >= 15 is 0 Å². The Balaban J connectivity index is 2.19. The van der Waals surface area contributed by atoms with Crippen LogP contribution in [0, 0.1) is 6.92 Å². The molecule has 0 aliphatic heterocycles. The highest BCUT2D eigenvalue weighted by atomic mass is 79.9. The van der Waals surface area contributed by atoms with Gasteiger partial charge in [0, 0.05) is 28.6 Å². The molecule has 0 spiro atoms. The van der Waals surface area contributed by atoms with Crippen molar-refractivity contribution >= 4 is 21.6 Å². The number of hydrogen-bond acceptors (Lipinski definition) is 2. The molecule has 0 aliphatic rings. The molecule has 0 radical (unpaired) electrons. The summed E-state index contributed by atoms with van der Waals surface area (Å²) in [6, 6.07) is 10.5. The van der Waals surface area contributed by atoms with Crippen molar-refractivity contribution in [2.24, 2.45) is 0 Å². The van der Waals surface area contributed by atoms with Gasteiger partial charge in [-0.15, -0.1) is 0 Å². The first-order valence-electron chi connectivity index (χ1n) is 5.60. The number of rotatable bonds is 3. The highest BCUT2D eigenvalue weighted by Crippen LogP contribution is 2.26. The molecule has 0 aliphatic carbocycles. The monoisotopic (exact) mass is 290 g/mol. The fourth-order valence-corrected chi connectivity index (χ4v) is 2.10. The Hall–Kier alpha value is -1.35. The molecule has 0 saturated carbocycles. The van der Waals surface area contributed by atoms with Gasteiger partial charge in [-0.25, -0.2) is 0 Å². The van der Waals surface area contributed by atoms with Gasteiger partial charge in [-0.2, -0.15) is 0 Å². The zero-order valence-corrected chi connectivity index (χ0v) is 11.5. The van der Waals surface area contributed by atoms with E-state index in [0.717, 1.165) is 10.2 Å². The second kappa shape index (κ2) is 5.32. The van der Waals surface area contributed by atoms with Crippen molar-refractivity contribution in [1.82, 2.24) is 4.98 Å². The number of pyridine rings is 1. The van der Waals surface area contributed by atoms with Gasteiger partial charge in [0.15, 0.2) is 0 Å². The second-order valence-corrected chi connectivity index (χ2v) is 4.91. The van der Waals surface area contributed by atoms with Crippen molar-refractivity contribution in [1.29, 1.82) is 0 Å². The number of nitrogens with zero attached hydrogens (tertiary/aromatic N) is 1. The average molecular weight is 291 g/mol. The topological polar surface area (TPSA) is 24.9 Å². The second-order valence-electron chi connectivity index (χ2n) is 4.06. The lowest BCUT2D eigenvalue weighted by molar-refractivity contribution is 0.878. The molecule has 1 aromatic carbocycles. The van der Waals surface area contributed by atoms with Crippen molar-refractivity contribution < 1.29 is 0 Å². The molecule has 0 amide bonds. The van der Waals surface area contributed by atoms with Gasteiger partial charge >= 0.3 is 0 Å². The Morgan fingerprint density at radius 1 is 1.18 bits per heavy atom. The maximum absolute atomic E-state index is 4.03. The maximum Gasteiger partial charge on any atom is 0.0486 e. The highest BCUT2D eigenvalue weighted by Gasteiger charge is 2.07. The Bertz CT molecular complexity index is 497. The van der Waals surface area contributed by atoms with Crippen molar-refractivity contribution in [3.63, 3.8) is 0 Å². The van der Waals surface area contributed by atoms with Crippen molar-refractivity contribution in [2.75, 3.05) is 5.32 Å². The third kappa shape index (κ3) is 2.86. The molecule has 2 nitrogen and oxygen atoms in total. The van der Waals surface area contributed by atoms with E-state index in [9.17, 15) is 0 Å². The van der Waals surface area contributed by atoms with E-state index in [1.54, 1.807) is 0 Å². The van der Waals surface area contributed by atoms with E-state index < -0.39 is 0 Å². The zero-order valence-electron chi connectivity index (χ0n) is 9.94. The Labute approximate surface area is 110 Å². The van der Waals surface area contributed by atoms with E-state index in [2.05, 4.69) is 52.2 Å². The number of benzene rings is 1. The lowest BCUT2D eigenvalue weighted by Crippen LogP contribution is -2.07. The van der Waals surface area contributed by atoms with Crippen LogP contribution in [0.5, 0.6) is 0 Å². The normalized spacial score (nSPS) is 12.2. The summed E-state index contributed by atoms with van der Waals surface area (Å²) in [7, 11) is 0. The summed E-state index contributed by atoms with van der Waals surface area (Å²) < 4.78 is 1.13. The van der Waals surface area contributed by atoms with Gasteiger partial charge in [0.05, 0.1) is 0 Å². The molecule has 1 N–H and O–H groups in total. The van der Waals surface area contributed by atoms with Crippen LogP contribution in [-0.2, 0) is 0 Å². The van der Waals surface area contributed by atoms with Gasteiger partial charge in [0.1, 0.15) is 0 Å². The molecule has 2 rings (SSSR count). The number of nitrogens with one attached hydrogen (secondary N) is 1. The number of aromatic nitrogens is 1. The van der Waals surface area contributed by atoms with Gasteiger partial charge in [0.2, 0.25) is 0 Å². The fourth-order valence-electron chi connectivity index (χ4n) is 1.73. The largest absolute Gasteiger partial charge is 0.378 e. The maximum atomic E-state index is 4.03. The van der Waals surface area contributed by atoms with E-state index in [4.69, 9.17) is 0 Å². The summed E-state index contributed by atoms with van der Waals surface area (Å²) >= 11 is 3.54. The molecule has 0 fully saturated rings. The number of halogens is 1. The Morgan fingerprint density at radius 3 is 2.59 bits per heavy atom. The Kier molecular flexibility index (Phi) is 3.79. The van der Waals surface area contributed by atoms with Crippen LogP contribution in [0.15, 0.2) is 47.2 Å². The minimum atomic E-state index is 0.269. The van der Waals surface area contributed by atoms with Gasteiger partial charge < -0.3 is 5.32 Å². The van der Waals surface area contributed by atoms with Crippen molar-refractivity contribution in [2.45, 2.75) is 19.9 Å². The summed E-state index contributed by atoms with van der Waals surface area (Å²) in [6.07, 6.45) is 3.64. The minimum absolute atomic E-state index is 0.269. The zero-order chi connectivity index (χ0) is 12.3. The molecule has 0 saturated heterocycles. The molecule has 1 unspecified atom stereocenters. The van der Waals surface area contributed by atoms with Crippen LogP contribution in [0.3, 0.4) is 0 Å². The summed E-state index contributed by atoms with van der Waals surface area (Å²) in [5, 5.41) is 3.51. The molecule has 0 bridgehead atoms. The molecule has 88 valence electrons. The SMILES string of the molecule is Cc1c(Br)cccc1NC(C)c1ccncc1. The summed E-state index contributed by atoms with van der Waals surface area (Å²) in [6.45, 7) is 4.25. The molecule has 3 heteroatoms. The molecular weight excluding hydrogens is 276 g/mol. The average Bonchev–Trinajstić information content (AvgIpc) is 2.36. The van der Waals surface area contributed by atoms with Crippen LogP contribution in [0.1, 0.15) is 24.1 Å². The quantitative estimate of drug-likeness (QED) is 0.910. The number of hydrogen-bond donors (Lipinski definition) is 1. The standard InChI is InChI=1S/C14H15BrN2/c1-10-13(15)4-3-5-14(10)17-11(2)12-6-8-16-9-7-12/h3-9,11,17H,1-2H3. The van der Waals surface area contributed by atoms with E-state index in [-0.39, 0.29) is 6.04 Å². The number of anilines is 1.